The van der Waals surface area contributed by atoms with E-state index in [1.54, 1.807) is 6.20 Å². The van der Waals surface area contributed by atoms with Crippen molar-refractivity contribution in [3.05, 3.63) is 57.7 Å². The molecule has 1 N–H and O–H groups in total. The Morgan fingerprint density at radius 3 is 2.84 bits per heavy atom. The zero-order valence-corrected chi connectivity index (χ0v) is 12.5. The molecule has 1 aromatic carbocycles. The van der Waals surface area contributed by atoms with Gasteiger partial charge in [-0.3, -0.25) is 4.79 Å². The van der Waals surface area contributed by atoms with E-state index in [0.717, 1.165) is 21.2 Å². The van der Waals surface area contributed by atoms with Crippen molar-refractivity contribution in [2.24, 2.45) is 0 Å². The highest BCUT2D eigenvalue weighted by atomic mass is 79.9. The van der Waals surface area contributed by atoms with E-state index >= 15 is 0 Å². The third-order valence-electron chi connectivity index (χ3n) is 2.87. The number of aryl methyl sites for hydroxylation is 2. The van der Waals surface area contributed by atoms with Crippen LogP contribution in [-0.2, 0) is 11.2 Å². The van der Waals surface area contributed by atoms with Gasteiger partial charge in [-0.05, 0) is 53.0 Å². The van der Waals surface area contributed by atoms with E-state index in [-0.39, 0.29) is 5.91 Å². The topological polar surface area (TPSA) is 42.0 Å². The van der Waals surface area contributed by atoms with Crippen LogP contribution in [0.3, 0.4) is 0 Å². The maximum absolute atomic E-state index is 12.0. The number of nitrogens with zero attached hydrogens (tertiary/aromatic N) is 1. The van der Waals surface area contributed by atoms with Crippen LogP contribution >= 0.6 is 15.9 Å². The minimum atomic E-state index is -0.0619. The summed E-state index contributed by atoms with van der Waals surface area (Å²) in [4.78, 5) is 16.1. The lowest BCUT2D eigenvalue weighted by molar-refractivity contribution is -0.115. The summed E-state index contributed by atoms with van der Waals surface area (Å²) < 4.78 is 0.782. The molecule has 0 unspecified atom stereocenters. The first-order chi connectivity index (χ1) is 9.06. The molecule has 0 aliphatic rings. The molecule has 2 aromatic rings. The second kappa shape index (κ2) is 5.97. The van der Waals surface area contributed by atoms with Gasteiger partial charge in [0.25, 0.3) is 0 Å². The van der Waals surface area contributed by atoms with Gasteiger partial charge in [0.15, 0.2) is 0 Å². The molecule has 0 aliphatic heterocycles. The summed E-state index contributed by atoms with van der Waals surface area (Å²) in [7, 11) is 0. The van der Waals surface area contributed by atoms with Crippen molar-refractivity contribution in [2.45, 2.75) is 20.3 Å². The Hall–Kier alpha value is -1.68. The van der Waals surface area contributed by atoms with E-state index < -0.39 is 0 Å². The number of benzene rings is 1. The number of aromatic nitrogens is 1. The Morgan fingerprint density at radius 2 is 2.11 bits per heavy atom. The highest BCUT2D eigenvalue weighted by Gasteiger charge is 2.09. The van der Waals surface area contributed by atoms with E-state index in [1.165, 1.54) is 0 Å². The fourth-order valence-corrected chi connectivity index (χ4v) is 2.17. The Morgan fingerprint density at radius 1 is 1.32 bits per heavy atom. The van der Waals surface area contributed by atoms with Crippen molar-refractivity contribution < 1.29 is 4.79 Å². The van der Waals surface area contributed by atoms with Gasteiger partial charge in [0.1, 0.15) is 5.82 Å². The Balaban J connectivity index is 2.10. The summed E-state index contributed by atoms with van der Waals surface area (Å²) in [6.07, 6.45) is 2.01. The Labute approximate surface area is 121 Å². The summed E-state index contributed by atoms with van der Waals surface area (Å²) >= 11 is 3.36. The maximum Gasteiger partial charge on any atom is 0.229 e. The molecule has 3 nitrogen and oxygen atoms in total. The third kappa shape index (κ3) is 3.64. The van der Waals surface area contributed by atoms with Crippen molar-refractivity contribution in [1.29, 1.82) is 0 Å². The molecule has 1 amide bonds. The molecule has 1 heterocycles. The molecule has 0 bridgehead atoms. The van der Waals surface area contributed by atoms with Crippen LogP contribution in [0.2, 0.25) is 0 Å². The Kier molecular flexibility index (Phi) is 4.32. The number of rotatable bonds is 3. The number of carbonyl (C=O) groups is 1. The zero-order valence-electron chi connectivity index (χ0n) is 10.9. The molecule has 0 atom stereocenters. The van der Waals surface area contributed by atoms with E-state index in [2.05, 4.69) is 26.2 Å². The van der Waals surface area contributed by atoms with Gasteiger partial charge in [0.2, 0.25) is 5.91 Å². The van der Waals surface area contributed by atoms with Gasteiger partial charge >= 0.3 is 0 Å². The number of nitrogens with one attached hydrogen (secondary N) is 1. The van der Waals surface area contributed by atoms with Crippen LogP contribution in [0.5, 0.6) is 0 Å². The van der Waals surface area contributed by atoms with Gasteiger partial charge in [-0.25, -0.2) is 4.98 Å². The first-order valence-electron chi connectivity index (χ1n) is 6.03. The van der Waals surface area contributed by atoms with E-state index in [0.29, 0.717) is 12.2 Å². The van der Waals surface area contributed by atoms with Gasteiger partial charge in [0, 0.05) is 6.20 Å². The second-order valence-corrected chi connectivity index (χ2v) is 5.34. The number of amides is 1. The van der Waals surface area contributed by atoms with Crippen molar-refractivity contribution in [2.75, 3.05) is 5.32 Å². The van der Waals surface area contributed by atoms with Gasteiger partial charge in [0.05, 0.1) is 10.9 Å². The summed E-state index contributed by atoms with van der Waals surface area (Å²) in [6, 6.07) is 9.79. The van der Waals surface area contributed by atoms with Crippen LogP contribution in [0.25, 0.3) is 0 Å². The van der Waals surface area contributed by atoms with Crippen LogP contribution < -0.4 is 5.32 Å². The number of anilines is 1. The van der Waals surface area contributed by atoms with E-state index in [1.807, 2.05) is 44.2 Å². The lowest BCUT2D eigenvalue weighted by atomic mass is 10.0. The summed E-state index contributed by atoms with van der Waals surface area (Å²) in [5.41, 5.74) is 3.33. The lowest BCUT2D eigenvalue weighted by Gasteiger charge is -2.08. The highest BCUT2D eigenvalue weighted by molar-refractivity contribution is 9.10. The van der Waals surface area contributed by atoms with E-state index in [4.69, 9.17) is 0 Å². The molecule has 0 radical (unpaired) electrons. The molecule has 0 fully saturated rings. The van der Waals surface area contributed by atoms with Crippen LogP contribution in [0.15, 0.2) is 41.0 Å². The first-order valence-corrected chi connectivity index (χ1v) is 6.82. The molecule has 98 valence electrons. The number of halogens is 1. The molecule has 4 heteroatoms. The molecule has 0 saturated heterocycles. The van der Waals surface area contributed by atoms with Gasteiger partial charge in [-0.15, -0.1) is 0 Å². The largest absolute Gasteiger partial charge is 0.309 e. The molecular formula is C15H15BrN2O. The second-order valence-electron chi connectivity index (χ2n) is 4.49. The van der Waals surface area contributed by atoms with Gasteiger partial charge < -0.3 is 5.32 Å². The van der Waals surface area contributed by atoms with E-state index in [9.17, 15) is 4.79 Å². The number of hydrogen-bond donors (Lipinski definition) is 1. The molecule has 19 heavy (non-hydrogen) atoms. The quantitative estimate of drug-likeness (QED) is 0.938. The molecule has 1 aromatic heterocycles. The molecular weight excluding hydrogens is 304 g/mol. The number of carbonyl (C=O) groups excluding carboxylic acids is 1. The van der Waals surface area contributed by atoms with Crippen molar-refractivity contribution in [1.82, 2.24) is 4.98 Å². The first kappa shape index (κ1) is 13.7. The van der Waals surface area contributed by atoms with Crippen molar-refractivity contribution in [3.8, 4) is 0 Å². The van der Waals surface area contributed by atoms with Crippen LogP contribution in [0, 0.1) is 13.8 Å². The predicted molar refractivity (Wildman–Crippen MR) is 80.2 cm³/mol. The molecule has 0 saturated carbocycles. The highest BCUT2D eigenvalue weighted by Crippen LogP contribution is 2.19. The SMILES string of the molecule is Cc1ccc(C)c(CC(=O)Nc2ncccc2Br)c1. The summed E-state index contributed by atoms with van der Waals surface area (Å²) in [6.45, 7) is 4.04. The average Bonchev–Trinajstić information content (AvgIpc) is 2.37. The average molecular weight is 319 g/mol. The van der Waals surface area contributed by atoms with Crippen LogP contribution in [0.1, 0.15) is 16.7 Å². The van der Waals surface area contributed by atoms with Gasteiger partial charge in [-0.1, -0.05) is 23.8 Å². The monoisotopic (exact) mass is 318 g/mol. The number of pyridine rings is 1. The summed E-state index contributed by atoms with van der Waals surface area (Å²) in [5, 5.41) is 2.81. The molecule has 0 spiro atoms. The predicted octanol–water partition coefficient (Wildman–Crippen LogP) is 3.64. The maximum atomic E-state index is 12.0. The Bertz CT molecular complexity index is 611. The normalized spacial score (nSPS) is 10.3. The number of hydrogen-bond acceptors (Lipinski definition) is 2. The standard InChI is InChI=1S/C15H15BrN2O/c1-10-5-6-11(2)12(8-10)9-14(19)18-15-13(16)4-3-7-17-15/h3-8H,9H2,1-2H3,(H,17,18,19). The van der Waals surface area contributed by atoms with Gasteiger partial charge in [-0.2, -0.15) is 0 Å². The van der Waals surface area contributed by atoms with Crippen molar-refractivity contribution in [3.63, 3.8) is 0 Å². The third-order valence-corrected chi connectivity index (χ3v) is 3.51. The van der Waals surface area contributed by atoms with Crippen molar-refractivity contribution >= 4 is 27.7 Å². The minimum absolute atomic E-state index is 0.0619. The zero-order chi connectivity index (χ0) is 13.8. The lowest BCUT2D eigenvalue weighted by Crippen LogP contribution is -2.16. The smallest absolute Gasteiger partial charge is 0.229 e. The van der Waals surface area contributed by atoms with Crippen LogP contribution in [0.4, 0.5) is 5.82 Å². The fraction of sp³-hybridized carbons (Fsp3) is 0.200. The summed E-state index contributed by atoms with van der Waals surface area (Å²) in [5.74, 6) is 0.492. The molecule has 2 rings (SSSR count). The van der Waals surface area contributed by atoms with Crippen LogP contribution in [-0.4, -0.2) is 10.9 Å². The molecule has 0 aliphatic carbocycles. The fourth-order valence-electron chi connectivity index (χ4n) is 1.82. The minimum Gasteiger partial charge on any atom is -0.309 e.